The number of hydrogen-bond acceptors (Lipinski definition) is 3. The van der Waals surface area contributed by atoms with E-state index in [0.29, 0.717) is 8.58 Å². The van der Waals surface area contributed by atoms with Crippen molar-refractivity contribution in [3.05, 3.63) is 90.5 Å². The highest BCUT2D eigenvalue weighted by atomic mass is 31.1. The van der Waals surface area contributed by atoms with Crippen LogP contribution in [0.25, 0.3) is 22.3 Å². The van der Waals surface area contributed by atoms with Crippen molar-refractivity contribution in [1.82, 2.24) is 0 Å². The minimum atomic E-state index is 0.448. The summed E-state index contributed by atoms with van der Waals surface area (Å²) in [5.41, 5.74) is 5.63. The molecule has 0 aliphatic carbocycles. The maximum absolute atomic E-state index is 5.71. The number of ether oxygens (including phenoxy) is 3. The quantitative estimate of drug-likeness (QED) is 0.329. The van der Waals surface area contributed by atoms with E-state index in [4.69, 9.17) is 14.2 Å². The van der Waals surface area contributed by atoms with Crippen LogP contribution in [-0.4, -0.2) is 21.3 Å². The summed E-state index contributed by atoms with van der Waals surface area (Å²) in [5, 5.41) is 2.50. The summed E-state index contributed by atoms with van der Waals surface area (Å²) in [6, 6.07) is 29.1. The summed E-state index contributed by atoms with van der Waals surface area (Å²) in [5.74, 6) is 2.49. The van der Waals surface area contributed by atoms with Crippen molar-refractivity contribution in [2.45, 2.75) is 6.92 Å². The van der Waals surface area contributed by atoms with Crippen molar-refractivity contribution >= 4 is 19.2 Å². The lowest BCUT2D eigenvalue weighted by atomic mass is 9.99. The lowest BCUT2D eigenvalue weighted by Gasteiger charge is -2.19. The molecule has 0 amide bonds. The standard InChI is InChI=1S/C28H27O3P/c1-19-11-9-14-22(29-2)27(19)20-12-5-7-17-25(20)32-26-18-8-6-13-21(26)28-23(30-3)15-10-16-24(28)31-4/h5-18,32H,1-4H3. The van der Waals surface area contributed by atoms with Crippen LogP contribution in [0.5, 0.6) is 17.2 Å². The van der Waals surface area contributed by atoms with E-state index in [0.717, 1.165) is 33.9 Å². The Morgan fingerprint density at radius 2 is 0.938 bits per heavy atom. The van der Waals surface area contributed by atoms with E-state index in [1.165, 1.54) is 21.7 Å². The number of hydrogen-bond donors (Lipinski definition) is 0. The van der Waals surface area contributed by atoms with Crippen LogP contribution in [0.3, 0.4) is 0 Å². The normalized spacial score (nSPS) is 11.0. The molecule has 0 aromatic heterocycles. The summed E-state index contributed by atoms with van der Waals surface area (Å²) in [7, 11) is 5.57. The van der Waals surface area contributed by atoms with Gasteiger partial charge in [-0.1, -0.05) is 75.3 Å². The fraction of sp³-hybridized carbons (Fsp3) is 0.143. The van der Waals surface area contributed by atoms with Crippen LogP contribution in [0.2, 0.25) is 0 Å². The van der Waals surface area contributed by atoms with Crippen LogP contribution in [0.4, 0.5) is 0 Å². The molecule has 1 unspecified atom stereocenters. The molecule has 162 valence electrons. The Balaban J connectivity index is 1.86. The molecule has 4 aromatic carbocycles. The lowest BCUT2D eigenvalue weighted by molar-refractivity contribution is 0.397. The van der Waals surface area contributed by atoms with E-state index in [2.05, 4.69) is 61.5 Å². The Morgan fingerprint density at radius 3 is 1.47 bits per heavy atom. The van der Waals surface area contributed by atoms with Crippen molar-refractivity contribution in [3.8, 4) is 39.5 Å². The molecule has 4 aromatic rings. The van der Waals surface area contributed by atoms with E-state index in [1.807, 2.05) is 30.3 Å². The smallest absolute Gasteiger partial charge is 0.130 e. The summed E-state index contributed by atoms with van der Waals surface area (Å²) >= 11 is 0. The zero-order valence-electron chi connectivity index (χ0n) is 18.8. The zero-order valence-corrected chi connectivity index (χ0v) is 19.8. The highest BCUT2D eigenvalue weighted by molar-refractivity contribution is 7.56. The maximum Gasteiger partial charge on any atom is 0.130 e. The highest BCUT2D eigenvalue weighted by Gasteiger charge is 2.18. The van der Waals surface area contributed by atoms with Crippen LogP contribution in [0.15, 0.2) is 84.9 Å². The summed E-state index contributed by atoms with van der Waals surface area (Å²) in [6.07, 6.45) is 0. The molecule has 0 saturated carbocycles. The average Bonchev–Trinajstić information content (AvgIpc) is 2.84. The van der Waals surface area contributed by atoms with Gasteiger partial charge >= 0.3 is 0 Å². The number of rotatable bonds is 7. The van der Waals surface area contributed by atoms with Crippen molar-refractivity contribution in [3.63, 3.8) is 0 Å². The summed E-state index contributed by atoms with van der Waals surface area (Å²) in [4.78, 5) is 0. The van der Waals surface area contributed by atoms with Gasteiger partial charge in [0.15, 0.2) is 0 Å². The van der Waals surface area contributed by atoms with Crippen LogP contribution >= 0.6 is 8.58 Å². The predicted octanol–water partition coefficient (Wildman–Crippen LogP) is 5.98. The molecule has 0 radical (unpaired) electrons. The second-order valence-corrected chi connectivity index (χ2v) is 8.73. The molecular weight excluding hydrogens is 415 g/mol. The molecule has 4 rings (SSSR count). The first-order valence-corrected chi connectivity index (χ1v) is 11.5. The second kappa shape index (κ2) is 9.89. The highest BCUT2D eigenvalue weighted by Crippen LogP contribution is 2.40. The first-order valence-electron chi connectivity index (χ1n) is 10.5. The molecule has 0 heterocycles. The third-order valence-corrected chi connectivity index (χ3v) is 6.96. The second-order valence-electron chi connectivity index (χ2n) is 7.41. The SMILES string of the molecule is COc1cccc(C)c1-c1ccccc1Pc1ccccc1-c1c(OC)cccc1OC. The van der Waals surface area contributed by atoms with Gasteiger partial charge in [-0.25, -0.2) is 0 Å². The number of methoxy groups -OCH3 is 3. The molecule has 1 atom stereocenters. The van der Waals surface area contributed by atoms with Crippen molar-refractivity contribution < 1.29 is 14.2 Å². The van der Waals surface area contributed by atoms with E-state index in [1.54, 1.807) is 21.3 Å². The van der Waals surface area contributed by atoms with Gasteiger partial charge in [-0.05, 0) is 52.4 Å². The fourth-order valence-electron chi connectivity index (χ4n) is 4.04. The van der Waals surface area contributed by atoms with Gasteiger partial charge < -0.3 is 14.2 Å². The third-order valence-electron chi connectivity index (χ3n) is 5.54. The van der Waals surface area contributed by atoms with Gasteiger partial charge in [0.05, 0.1) is 26.9 Å². The molecule has 0 fully saturated rings. The van der Waals surface area contributed by atoms with Gasteiger partial charge in [0, 0.05) is 5.56 Å². The van der Waals surface area contributed by atoms with Gasteiger partial charge in [-0.2, -0.15) is 0 Å². The largest absolute Gasteiger partial charge is 0.496 e. The van der Waals surface area contributed by atoms with Gasteiger partial charge in [0.1, 0.15) is 17.2 Å². The molecule has 0 bridgehead atoms. The van der Waals surface area contributed by atoms with E-state index in [-0.39, 0.29) is 0 Å². The zero-order chi connectivity index (χ0) is 22.5. The first-order chi connectivity index (χ1) is 15.7. The summed E-state index contributed by atoms with van der Waals surface area (Å²) < 4.78 is 17.1. The van der Waals surface area contributed by atoms with Gasteiger partial charge in [0.25, 0.3) is 0 Å². The molecule has 4 heteroatoms. The van der Waals surface area contributed by atoms with Gasteiger partial charge in [0.2, 0.25) is 0 Å². The molecule has 3 nitrogen and oxygen atoms in total. The van der Waals surface area contributed by atoms with Crippen LogP contribution in [-0.2, 0) is 0 Å². The minimum absolute atomic E-state index is 0.448. The molecule has 0 N–H and O–H groups in total. The van der Waals surface area contributed by atoms with E-state index >= 15 is 0 Å². The topological polar surface area (TPSA) is 27.7 Å². The lowest BCUT2D eigenvalue weighted by Crippen LogP contribution is -2.10. The van der Waals surface area contributed by atoms with Crippen molar-refractivity contribution in [1.29, 1.82) is 0 Å². The molecule has 0 aliphatic heterocycles. The predicted molar refractivity (Wildman–Crippen MR) is 136 cm³/mol. The van der Waals surface area contributed by atoms with Crippen molar-refractivity contribution in [2.24, 2.45) is 0 Å². The first kappa shape index (κ1) is 21.9. The number of aryl methyl sites for hydroxylation is 1. The molecular formula is C28H27O3P. The number of benzene rings is 4. The van der Waals surface area contributed by atoms with Crippen LogP contribution in [0.1, 0.15) is 5.56 Å². The third kappa shape index (κ3) is 4.22. The summed E-state index contributed by atoms with van der Waals surface area (Å²) in [6.45, 7) is 2.13. The Kier molecular flexibility index (Phi) is 6.78. The van der Waals surface area contributed by atoms with E-state index < -0.39 is 0 Å². The molecule has 32 heavy (non-hydrogen) atoms. The minimum Gasteiger partial charge on any atom is -0.496 e. The van der Waals surface area contributed by atoms with E-state index in [9.17, 15) is 0 Å². The Hall–Kier alpha value is -3.29. The Labute approximate surface area is 191 Å². The molecule has 0 aliphatic rings. The Morgan fingerprint density at radius 1 is 0.500 bits per heavy atom. The van der Waals surface area contributed by atoms with Crippen LogP contribution < -0.4 is 24.8 Å². The monoisotopic (exact) mass is 442 g/mol. The van der Waals surface area contributed by atoms with Crippen molar-refractivity contribution in [2.75, 3.05) is 21.3 Å². The fourth-order valence-corrected chi connectivity index (χ4v) is 5.37. The van der Waals surface area contributed by atoms with Gasteiger partial charge in [-0.3, -0.25) is 0 Å². The average molecular weight is 442 g/mol. The molecule has 0 spiro atoms. The van der Waals surface area contributed by atoms with Crippen LogP contribution in [0, 0.1) is 6.92 Å². The molecule has 0 saturated heterocycles. The van der Waals surface area contributed by atoms with Gasteiger partial charge in [-0.15, -0.1) is 0 Å². The Bertz CT molecular complexity index is 1210. The maximum atomic E-state index is 5.71.